The van der Waals surface area contributed by atoms with Crippen LogP contribution in [0.5, 0.6) is 0 Å². The second-order valence-electron chi connectivity index (χ2n) is 5.58. The minimum atomic E-state index is -0.0251. The summed E-state index contributed by atoms with van der Waals surface area (Å²) in [5.41, 5.74) is 3.85. The quantitative estimate of drug-likeness (QED) is 0.754. The van der Waals surface area contributed by atoms with Crippen molar-refractivity contribution in [3.63, 3.8) is 0 Å². The van der Waals surface area contributed by atoms with Crippen LogP contribution in [0.3, 0.4) is 0 Å². The summed E-state index contributed by atoms with van der Waals surface area (Å²) in [5.74, 6) is -0.0251. The second kappa shape index (κ2) is 6.01. The van der Waals surface area contributed by atoms with Crippen molar-refractivity contribution in [2.75, 3.05) is 0 Å². The number of carbonyl (C=O) groups is 1. The van der Waals surface area contributed by atoms with E-state index in [1.54, 1.807) is 6.33 Å². The standard InChI is InChI=1S/C16H19N5O/c1-11(7-13-8-12(2)19-20-13)18-16(22)9-21-10-17-14-5-3-4-6-15(14)21/h3-6,8,10-11H,7,9H2,1-2H3,(H,18,22)(H,19,20)/t11-/m0/s1. The summed E-state index contributed by atoms with van der Waals surface area (Å²) in [6, 6.07) is 9.81. The molecule has 6 heteroatoms. The van der Waals surface area contributed by atoms with Crippen LogP contribution in [0.2, 0.25) is 0 Å². The summed E-state index contributed by atoms with van der Waals surface area (Å²) >= 11 is 0. The maximum Gasteiger partial charge on any atom is 0.240 e. The van der Waals surface area contributed by atoms with Gasteiger partial charge in [0.2, 0.25) is 5.91 Å². The lowest BCUT2D eigenvalue weighted by atomic mass is 10.2. The number of amides is 1. The van der Waals surface area contributed by atoms with E-state index in [-0.39, 0.29) is 18.5 Å². The van der Waals surface area contributed by atoms with Gasteiger partial charge < -0.3 is 9.88 Å². The first-order valence-corrected chi connectivity index (χ1v) is 7.32. The summed E-state index contributed by atoms with van der Waals surface area (Å²) < 4.78 is 1.86. The van der Waals surface area contributed by atoms with Gasteiger partial charge in [0.15, 0.2) is 0 Å². The average Bonchev–Trinajstić information content (AvgIpc) is 3.06. The molecule has 0 aliphatic rings. The van der Waals surface area contributed by atoms with E-state index >= 15 is 0 Å². The number of nitrogens with zero attached hydrogens (tertiary/aromatic N) is 3. The maximum absolute atomic E-state index is 12.2. The van der Waals surface area contributed by atoms with E-state index in [1.165, 1.54) is 0 Å². The fourth-order valence-corrected chi connectivity index (χ4v) is 2.56. The molecular formula is C16H19N5O. The number of H-pyrrole nitrogens is 1. The molecule has 0 aliphatic carbocycles. The largest absolute Gasteiger partial charge is 0.352 e. The van der Waals surface area contributed by atoms with Crippen LogP contribution in [-0.4, -0.2) is 31.7 Å². The van der Waals surface area contributed by atoms with Crippen LogP contribution in [0.1, 0.15) is 18.3 Å². The third kappa shape index (κ3) is 3.16. The summed E-state index contributed by atoms with van der Waals surface area (Å²) in [4.78, 5) is 16.5. The molecule has 2 N–H and O–H groups in total. The Morgan fingerprint density at radius 3 is 3.00 bits per heavy atom. The van der Waals surface area contributed by atoms with E-state index in [0.717, 1.165) is 22.4 Å². The number of imidazole rings is 1. The number of hydrogen-bond donors (Lipinski definition) is 2. The zero-order valence-corrected chi connectivity index (χ0v) is 12.7. The Hall–Kier alpha value is -2.63. The van der Waals surface area contributed by atoms with Crippen LogP contribution in [0.15, 0.2) is 36.7 Å². The van der Waals surface area contributed by atoms with Crippen molar-refractivity contribution in [2.45, 2.75) is 32.9 Å². The smallest absolute Gasteiger partial charge is 0.240 e. The van der Waals surface area contributed by atoms with Gasteiger partial charge in [-0.05, 0) is 32.0 Å². The zero-order valence-electron chi connectivity index (χ0n) is 12.7. The molecule has 0 aliphatic heterocycles. The van der Waals surface area contributed by atoms with Gasteiger partial charge in [-0.1, -0.05) is 12.1 Å². The number of para-hydroxylation sites is 2. The van der Waals surface area contributed by atoms with Crippen LogP contribution in [0.25, 0.3) is 11.0 Å². The Bertz CT molecular complexity index is 789. The highest BCUT2D eigenvalue weighted by molar-refractivity contribution is 5.80. The Kier molecular flexibility index (Phi) is 3.91. The lowest BCUT2D eigenvalue weighted by Gasteiger charge is -2.13. The topological polar surface area (TPSA) is 75.6 Å². The second-order valence-corrected chi connectivity index (χ2v) is 5.58. The Morgan fingerprint density at radius 1 is 1.41 bits per heavy atom. The van der Waals surface area contributed by atoms with Crippen LogP contribution in [0.4, 0.5) is 0 Å². The first-order valence-electron chi connectivity index (χ1n) is 7.32. The van der Waals surface area contributed by atoms with Gasteiger partial charge in [-0.3, -0.25) is 9.89 Å². The van der Waals surface area contributed by atoms with Crippen molar-refractivity contribution in [3.05, 3.63) is 48.0 Å². The van der Waals surface area contributed by atoms with Crippen LogP contribution >= 0.6 is 0 Å². The van der Waals surface area contributed by atoms with Gasteiger partial charge in [-0.2, -0.15) is 5.10 Å². The molecule has 0 saturated carbocycles. The molecule has 2 aromatic heterocycles. The molecule has 0 fully saturated rings. The monoisotopic (exact) mass is 297 g/mol. The van der Waals surface area contributed by atoms with E-state index in [1.807, 2.05) is 48.7 Å². The highest BCUT2D eigenvalue weighted by Gasteiger charge is 2.11. The number of aryl methyl sites for hydroxylation is 1. The first-order chi connectivity index (χ1) is 10.6. The summed E-state index contributed by atoms with van der Waals surface area (Å²) in [5, 5.41) is 10.1. The predicted octanol–water partition coefficient (Wildman–Crippen LogP) is 1.82. The lowest BCUT2D eigenvalue weighted by molar-refractivity contribution is -0.122. The molecule has 22 heavy (non-hydrogen) atoms. The minimum absolute atomic E-state index is 0.0251. The van der Waals surface area contributed by atoms with Crippen molar-refractivity contribution in [2.24, 2.45) is 0 Å². The number of carbonyl (C=O) groups excluding carboxylic acids is 1. The van der Waals surface area contributed by atoms with Crippen molar-refractivity contribution in [3.8, 4) is 0 Å². The molecule has 2 heterocycles. The number of fused-ring (bicyclic) bond motifs is 1. The molecule has 0 bridgehead atoms. The van der Waals surface area contributed by atoms with Gasteiger partial charge in [0, 0.05) is 18.2 Å². The summed E-state index contributed by atoms with van der Waals surface area (Å²) in [6.07, 6.45) is 2.41. The Balaban J connectivity index is 1.60. The third-order valence-electron chi connectivity index (χ3n) is 3.52. The fourth-order valence-electron chi connectivity index (χ4n) is 2.56. The molecule has 3 aromatic rings. The normalized spacial score (nSPS) is 12.5. The van der Waals surface area contributed by atoms with E-state index in [9.17, 15) is 4.79 Å². The van der Waals surface area contributed by atoms with Gasteiger partial charge in [0.1, 0.15) is 6.54 Å². The van der Waals surface area contributed by atoms with Gasteiger partial charge >= 0.3 is 0 Å². The molecular weight excluding hydrogens is 278 g/mol. The van der Waals surface area contributed by atoms with E-state index in [4.69, 9.17) is 0 Å². The minimum Gasteiger partial charge on any atom is -0.352 e. The molecule has 1 atom stereocenters. The van der Waals surface area contributed by atoms with Crippen molar-refractivity contribution >= 4 is 16.9 Å². The molecule has 0 unspecified atom stereocenters. The van der Waals surface area contributed by atoms with E-state index in [0.29, 0.717) is 6.42 Å². The highest BCUT2D eigenvalue weighted by Crippen LogP contribution is 2.11. The number of aromatic nitrogens is 4. The number of hydrogen-bond acceptors (Lipinski definition) is 3. The fraction of sp³-hybridized carbons (Fsp3) is 0.312. The van der Waals surface area contributed by atoms with Crippen molar-refractivity contribution in [1.29, 1.82) is 0 Å². The van der Waals surface area contributed by atoms with Gasteiger partial charge in [0.25, 0.3) is 0 Å². The van der Waals surface area contributed by atoms with Crippen LogP contribution in [0, 0.1) is 6.92 Å². The number of aromatic amines is 1. The number of nitrogens with one attached hydrogen (secondary N) is 2. The average molecular weight is 297 g/mol. The SMILES string of the molecule is Cc1cc(C[C@H](C)NC(=O)Cn2cnc3ccccc32)n[nH]1. The number of benzene rings is 1. The molecule has 6 nitrogen and oxygen atoms in total. The van der Waals surface area contributed by atoms with Crippen LogP contribution in [-0.2, 0) is 17.8 Å². The molecule has 0 spiro atoms. The molecule has 0 saturated heterocycles. The Labute approximate surface area is 128 Å². The lowest BCUT2D eigenvalue weighted by Crippen LogP contribution is -2.36. The summed E-state index contributed by atoms with van der Waals surface area (Å²) in [6.45, 7) is 4.21. The third-order valence-corrected chi connectivity index (χ3v) is 3.52. The van der Waals surface area contributed by atoms with Gasteiger partial charge in [-0.15, -0.1) is 0 Å². The van der Waals surface area contributed by atoms with Crippen LogP contribution < -0.4 is 5.32 Å². The summed E-state index contributed by atoms with van der Waals surface area (Å²) in [7, 11) is 0. The predicted molar refractivity (Wildman–Crippen MR) is 84.4 cm³/mol. The number of rotatable bonds is 5. The molecule has 3 rings (SSSR count). The van der Waals surface area contributed by atoms with Crippen molar-refractivity contribution < 1.29 is 4.79 Å². The first kappa shape index (κ1) is 14.3. The van der Waals surface area contributed by atoms with E-state index < -0.39 is 0 Å². The molecule has 0 radical (unpaired) electrons. The molecule has 1 amide bonds. The molecule has 114 valence electrons. The Morgan fingerprint density at radius 2 is 2.23 bits per heavy atom. The van der Waals surface area contributed by atoms with E-state index in [2.05, 4.69) is 20.5 Å². The van der Waals surface area contributed by atoms with Gasteiger partial charge in [-0.25, -0.2) is 4.98 Å². The zero-order chi connectivity index (χ0) is 15.5. The highest BCUT2D eigenvalue weighted by atomic mass is 16.2. The van der Waals surface area contributed by atoms with Crippen molar-refractivity contribution in [1.82, 2.24) is 25.1 Å². The maximum atomic E-state index is 12.2. The molecule has 1 aromatic carbocycles. The van der Waals surface area contributed by atoms with Gasteiger partial charge in [0.05, 0.1) is 23.1 Å².